The van der Waals surface area contributed by atoms with Crippen LogP contribution >= 0.6 is 11.3 Å². The highest BCUT2D eigenvalue weighted by Crippen LogP contribution is 2.29. The zero-order valence-electron chi connectivity index (χ0n) is 12.0. The third-order valence-corrected chi connectivity index (χ3v) is 5.35. The molecule has 2 saturated heterocycles. The fourth-order valence-corrected chi connectivity index (χ4v) is 4.07. The van der Waals surface area contributed by atoms with Gasteiger partial charge in [-0.05, 0) is 12.1 Å². The van der Waals surface area contributed by atoms with Gasteiger partial charge in [-0.3, -0.25) is 19.8 Å². The summed E-state index contributed by atoms with van der Waals surface area (Å²) in [7, 11) is 0. The van der Waals surface area contributed by atoms with Crippen molar-refractivity contribution < 1.29 is 9.59 Å². The number of piperazine rings is 1. The van der Waals surface area contributed by atoms with E-state index in [9.17, 15) is 9.59 Å². The zero-order valence-corrected chi connectivity index (χ0v) is 12.8. The summed E-state index contributed by atoms with van der Waals surface area (Å²) in [5, 5.41) is 3.42. The highest BCUT2D eigenvalue weighted by Gasteiger charge is 2.36. The van der Waals surface area contributed by atoms with Crippen molar-refractivity contribution in [1.82, 2.24) is 15.2 Å². The number of nitrogens with zero attached hydrogens (tertiary/aromatic N) is 3. The quantitative estimate of drug-likeness (QED) is 0.832. The van der Waals surface area contributed by atoms with E-state index in [4.69, 9.17) is 0 Å². The number of hydrogen-bond donors (Lipinski definition) is 1. The Hall–Kier alpha value is -1.99. The Bertz CT molecular complexity index is 703. The Morgan fingerprint density at radius 3 is 2.59 bits per heavy atom. The van der Waals surface area contributed by atoms with E-state index >= 15 is 0 Å². The Morgan fingerprint density at radius 1 is 1.14 bits per heavy atom. The van der Waals surface area contributed by atoms with Gasteiger partial charge in [-0.2, -0.15) is 0 Å². The van der Waals surface area contributed by atoms with E-state index in [1.807, 2.05) is 18.2 Å². The van der Waals surface area contributed by atoms with Crippen LogP contribution in [0.4, 0.5) is 5.13 Å². The standard InChI is InChI=1S/C15H16N4O2S/c20-13-9-11(14(21)17-13)18-5-7-19(8-6-18)15-16-10-3-1-2-4-12(10)22-15/h1-4,11H,5-9H2,(H,17,20,21)/t11-/m1/s1. The minimum Gasteiger partial charge on any atom is -0.345 e. The Balaban J connectivity index is 1.45. The molecule has 4 rings (SSSR count). The molecule has 114 valence electrons. The minimum atomic E-state index is -0.287. The lowest BCUT2D eigenvalue weighted by atomic mass is 10.2. The van der Waals surface area contributed by atoms with Crippen LogP contribution in [0.15, 0.2) is 24.3 Å². The van der Waals surface area contributed by atoms with Gasteiger partial charge in [0.25, 0.3) is 0 Å². The molecule has 2 aliphatic rings. The van der Waals surface area contributed by atoms with Crippen LogP contribution in [0.25, 0.3) is 10.2 Å². The molecule has 0 spiro atoms. The summed E-state index contributed by atoms with van der Waals surface area (Å²) in [4.78, 5) is 32.1. The monoisotopic (exact) mass is 316 g/mol. The van der Waals surface area contributed by atoms with E-state index in [1.165, 1.54) is 4.70 Å². The zero-order chi connectivity index (χ0) is 15.1. The van der Waals surface area contributed by atoms with Crippen molar-refractivity contribution in [3.05, 3.63) is 24.3 Å². The van der Waals surface area contributed by atoms with Crippen LogP contribution in [0.3, 0.4) is 0 Å². The summed E-state index contributed by atoms with van der Waals surface area (Å²) in [6.07, 6.45) is 0.292. The molecule has 1 aromatic carbocycles. The first-order chi connectivity index (χ1) is 10.7. The Labute approximate surface area is 131 Å². The van der Waals surface area contributed by atoms with Gasteiger partial charge in [-0.25, -0.2) is 4.98 Å². The number of hydrogen-bond acceptors (Lipinski definition) is 6. The van der Waals surface area contributed by atoms with Crippen molar-refractivity contribution in [3.63, 3.8) is 0 Å². The number of fused-ring (bicyclic) bond motifs is 1. The molecule has 0 radical (unpaired) electrons. The lowest BCUT2D eigenvalue weighted by Gasteiger charge is -2.36. The third-order valence-electron chi connectivity index (χ3n) is 4.25. The van der Waals surface area contributed by atoms with Crippen LogP contribution < -0.4 is 10.2 Å². The molecule has 1 N–H and O–H groups in total. The number of imide groups is 1. The molecule has 3 heterocycles. The largest absolute Gasteiger partial charge is 0.345 e. The highest BCUT2D eigenvalue weighted by molar-refractivity contribution is 7.22. The Kier molecular flexibility index (Phi) is 3.31. The highest BCUT2D eigenvalue weighted by atomic mass is 32.1. The molecule has 0 bridgehead atoms. The van der Waals surface area contributed by atoms with Crippen molar-refractivity contribution >= 4 is 38.5 Å². The number of anilines is 1. The summed E-state index contributed by atoms with van der Waals surface area (Å²) in [5.41, 5.74) is 1.03. The van der Waals surface area contributed by atoms with E-state index in [1.54, 1.807) is 11.3 Å². The lowest BCUT2D eigenvalue weighted by Crippen LogP contribution is -2.52. The van der Waals surface area contributed by atoms with E-state index in [-0.39, 0.29) is 17.9 Å². The lowest BCUT2D eigenvalue weighted by molar-refractivity contribution is -0.126. The maximum absolute atomic E-state index is 11.8. The molecular formula is C15H16N4O2S. The molecule has 22 heavy (non-hydrogen) atoms. The molecule has 0 aliphatic carbocycles. The first kappa shape index (κ1) is 13.7. The molecule has 0 saturated carbocycles. The maximum atomic E-state index is 11.8. The number of nitrogens with one attached hydrogen (secondary N) is 1. The summed E-state index contributed by atoms with van der Waals surface area (Å²) in [5.74, 6) is -0.318. The van der Waals surface area contributed by atoms with E-state index in [2.05, 4.69) is 26.2 Å². The first-order valence-corrected chi connectivity index (χ1v) is 8.20. The number of para-hydroxylation sites is 1. The average Bonchev–Trinajstić information content (AvgIpc) is 3.10. The van der Waals surface area contributed by atoms with Gasteiger partial charge in [0.1, 0.15) is 0 Å². The van der Waals surface area contributed by atoms with Gasteiger partial charge in [-0.1, -0.05) is 23.5 Å². The van der Waals surface area contributed by atoms with Crippen molar-refractivity contribution in [3.8, 4) is 0 Å². The molecule has 2 aromatic rings. The maximum Gasteiger partial charge on any atom is 0.244 e. The molecule has 0 unspecified atom stereocenters. The van der Waals surface area contributed by atoms with Gasteiger partial charge in [0.2, 0.25) is 11.8 Å². The molecule has 6 nitrogen and oxygen atoms in total. The van der Waals surface area contributed by atoms with Gasteiger partial charge < -0.3 is 4.90 Å². The van der Waals surface area contributed by atoms with E-state index in [0.717, 1.165) is 36.8 Å². The number of carbonyl (C=O) groups is 2. The van der Waals surface area contributed by atoms with Gasteiger partial charge in [0.15, 0.2) is 5.13 Å². The predicted molar refractivity (Wildman–Crippen MR) is 85.0 cm³/mol. The number of aromatic nitrogens is 1. The van der Waals surface area contributed by atoms with Crippen molar-refractivity contribution in [2.24, 2.45) is 0 Å². The fourth-order valence-electron chi connectivity index (χ4n) is 3.06. The molecule has 1 aromatic heterocycles. The normalized spacial score (nSPS) is 23.3. The second-order valence-corrected chi connectivity index (χ2v) is 6.63. The average molecular weight is 316 g/mol. The number of carbonyl (C=O) groups excluding carboxylic acids is 2. The van der Waals surface area contributed by atoms with Crippen LogP contribution in [0.5, 0.6) is 0 Å². The van der Waals surface area contributed by atoms with Crippen LogP contribution in [0.2, 0.25) is 0 Å². The first-order valence-electron chi connectivity index (χ1n) is 7.39. The van der Waals surface area contributed by atoms with Gasteiger partial charge in [0.05, 0.1) is 22.7 Å². The van der Waals surface area contributed by atoms with E-state index < -0.39 is 0 Å². The molecule has 2 amide bonds. The van der Waals surface area contributed by atoms with Gasteiger partial charge >= 0.3 is 0 Å². The van der Waals surface area contributed by atoms with Gasteiger partial charge in [-0.15, -0.1) is 0 Å². The number of thiazole rings is 1. The van der Waals surface area contributed by atoms with Crippen LogP contribution in [0, 0.1) is 0 Å². The summed E-state index contributed by atoms with van der Waals surface area (Å²) in [6, 6.07) is 7.85. The number of amides is 2. The summed E-state index contributed by atoms with van der Waals surface area (Å²) in [6.45, 7) is 3.22. The summed E-state index contributed by atoms with van der Waals surface area (Å²) >= 11 is 1.70. The van der Waals surface area contributed by atoms with Crippen molar-refractivity contribution in [2.75, 3.05) is 31.1 Å². The van der Waals surface area contributed by atoms with Crippen LogP contribution in [-0.4, -0.2) is 53.9 Å². The van der Waals surface area contributed by atoms with E-state index in [0.29, 0.717) is 6.42 Å². The molecular weight excluding hydrogens is 300 g/mol. The number of rotatable bonds is 2. The fraction of sp³-hybridized carbons (Fsp3) is 0.400. The molecule has 2 aliphatic heterocycles. The van der Waals surface area contributed by atoms with Gasteiger partial charge in [0, 0.05) is 26.2 Å². The number of benzene rings is 1. The van der Waals surface area contributed by atoms with Crippen molar-refractivity contribution in [2.45, 2.75) is 12.5 Å². The molecule has 2 fully saturated rings. The Morgan fingerprint density at radius 2 is 1.91 bits per heavy atom. The smallest absolute Gasteiger partial charge is 0.244 e. The molecule has 1 atom stereocenters. The third kappa shape index (κ3) is 2.36. The minimum absolute atomic E-state index is 0.154. The second kappa shape index (κ2) is 5.33. The topological polar surface area (TPSA) is 65.5 Å². The summed E-state index contributed by atoms with van der Waals surface area (Å²) < 4.78 is 1.20. The predicted octanol–water partition coefficient (Wildman–Crippen LogP) is 0.833. The van der Waals surface area contributed by atoms with Crippen LogP contribution in [-0.2, 0) is 9.59 Å². The van der Waals surface area contributed by atoms with Crippen molar-refractivity contribution in [1.29, 1.82) is 0 Å². The SMILES string of the molecule is O=C1C[C@@H](N2CCN(c3nc4ccccc4s3)CC2)C(=O)N1. The van der Waals surface area contributed by atoms with Crippen LogP contribution in [0.1, 0.15) is 6.42 Å². The molecule has 7 heteroatoms. The second-order valence-electron chi connectivity index (χ2n) is 5.62.